The molecule has 0 aromatic heterocycles. The van der Waals surface area contributed by atoms with Crippen LogP contribution in [0.2, 0.25) is 0 Å². The van der Waals surface area contributed by atoms with Gasteiger partial charge in [0.25, 0.3) is 10.3 Å². The molecule has 0 saturated heterocycles. The molecule has 0 aliphatic rings. The van der Waals surface area contributed by atoms with Gasteiger partial charge in [0.1, 0.15) is 0 Å². The normalized spacial score (nSPS) is 6.00. The van der Waals surface area contributed by atoms with Gasteiger partial charge in [-0.05, 0) is 24.4 Å². The first-order valence-electron chi connectivity index (χ1n) is 2.76. The average Bonchev–Trinajstić information content (AvgIpc) is 2.09. The van der Waals surface area contributed by atoms with Crippen molar-refractivity contribution in [3.63, 3.8) is 0 Å². The lowest BCUT2D eigenvalue weighted by atomic mass is 11.0. The van der Waals surface area contributed by atoms with Crippen molar-refractivity contribution >= 4 is 34.8 Å². The Morgan fingerprint density at radius 1 is 1.00 bits per heavy atom. The van der Waals surface area contributed by atoms with Gasteiger partial charge in [-0.25, -0.2) is 10.5 Å². The summed E-state index contributed by atoms with van der Waals surface area (Å²) in [6.07, 6.45) is 0. The number of nitrogens with two attached hydrogens (primary N) is 2. The highest BCUT2D eigenvalue weighted by molar-refractivity contribution is 7.80. The Labute approximate surface area is 80.9 Å². The number of hydrogen-bond acceptors (Lipinski definition) is 6. The second kappa shape index (κ2) is 16.7. The van der Waals surface area contributed by atoms with E-state index >= 15 is 0 Å². The van der Waals surface area contributed by atoms with Crippen LogP contribution in [0, 0.1) is 0 Å². The van der Waals surface area contributed by atoms with E-state index in [4.69, 9.17) is 10.5 Å². The van der Waals surface area contributed by atoms with Crippen LogP contribution in [0.5, 0.6) is 0 Å². The molecule has 0 aliphatic heterocycles. The largest absolute Gasteiger partial charge is 0.358 e. The Morgan fingerprint density at radius 2 is 1.08 bits per heavy atom. The van der Waals surface area contributed by atoms with E-state index in [-0.39, 0.29) is 10.3 Å². The van der Waals surface area contributed by atoms with E-state index in [0.717, 1.165) is 0 Å². The maximum atomic E-state index is 7.38. The highest BCUT2D eigenvalue weighted by atomic mass is 32.1. The van der Waals surface area contributed by atoms with Gasteiger partial charge < -0.3 is 21.2 Å². The van der Waals surface area contributed by atoms with Gasteiger partial charge in [-0.2, -0.15) is 0 Å². The van der Waals surface area contributed by atoms with Gasteiger partial charge in [-0.15, -0.1) is 0 Å². The molecule has 0 spiro atoms. The fraction of sp³-hybridized carbons (Fsp3) is 0.500. The molecule has 8 heteroatoms. The van der Waals surface area contributed by atoms with E-state index in [0.29, 0.717) is 0 Å². The summed E-state index contributed by atoms with van der Waals surface area (Å²) in [4.78, 5) is 6.52. The molecule has 0 aromatic rings. The van der Waals surface area contributed by atoms with Gasteiger partial charge >= 0.3 is 0 Å². The number of hydrogen-bond donors (Lipinski definition) is 4. The summed E-state index contributed by atoms with van der Waals surface area (Å²) in [6, 6.07) is 0. The first-order valence-corrected chi connectivity index (χ1v) is 3.58. The minimum Gasteiger partial charge on any atom is -0.358 e. The van der Waals surface area contributed by atoms with Crippen LogP contribution in [0.4, 0.5) is 0 Å². The lowest BCUT2D eigenvalue weighted by molar-refractivity contribution is -0.152. The van der Waals surface area contributed by atoms with E-state index in [2.05, 4.69) is 45.7 Å². The highest BCUT2D eigenvalue weighted by Crippen LogP contribution is 1.57. The lowest BCUT2D eigenvalue weighted by Crippen LogP contribution is -2.08. The van der Waals surface area contributed by atoms with Crippen LogP contribution >= 0.6 is 24.4 Å². The zero-order valence-corrected chi connectivity index (χ0v) is 8.32. The van der Waals surface area contributed by atoms with E-state index in [9.17, 15) is 0 Å². The monoisotopic (exact) mass is 216 g/mol. The van der Waals surface area contributed by atoms with E-state index in [1.54, 1.807) is 0 Å². The fourth-order valence-corrected chi connectivity index (χ4v) is 0. The molecule has 0 radical (unpaired) electrons. The summed E-state index contributed by atoms with van der Waals surface area (Å²) >= 11 is 8.00. The zero-order chi connectivity index (χ0) is 10.6. The maximum absolute atomic E-state index is 7.38. The minimum absolute atomic E-state index is 0.356. The first-order chi connectivity index (χ1) is 5.54. The summed E-state index contributed by atoms with van der Waals surface area (Å²) in [5.74, 6) is 0. The van der Waals surface area contributed by atoms with Crippen molar-refractivity contribution in [2.45, 2.75) is 13.8 Å². The van der Waals surface area contributed by atoms with Gasteiger partial charge in [0.15, 0.2) is 0 Å². The molecule has 0 aromatic carbocycles. The van der Waals surface area contributed by atoms with Gasteiger partial charge in [0.2, 0.25) is 0 Å². The Kier molecular flexibility index (Phi) is 24.2. The summed E-state index contributed by atoms with van der Waals surface area (Å²) in [5.41, 5.74) is 9.10. The summed E-state index contributed by atoms with van der Waals surface area (Å²) < 4.78 is 0. The van der Waals surface area contributed by atoms with Crippen LogP contribution < -0.4 is 11.5 Å². The SMILES string of the molecule is CC.NC(=S)OO.NC(=S)OO. The molecule has 0 fully saturated rings. The molecule has 0 saturated carbocycles. The minimum atomic E-state index is -0.356. The molecule has 6 N–H and O–H groups in total. The third-order valence-corrected chi connectivity index (χ3v) is 0.329. The van der Waals surface area contributed by atoms with Crippen LogP contribution in [0.3, 0.4) is 0 Å². The molecule has 0 unspecified atom stereocenters. The van der Waals surface area contributed by atoms with Crippen molar-refractivity contribution in [3.05, 3.63) is 0 Å². The van der Waals surface area contributed by atoms with Crippen molar-refractivity contribution in [1.29, 1.82) is 0 Å². The third kappa shape index (κ3) is 58.8. The van der Waals surface area contributed by atoms with E-state index in [1.165, 1.54) is 0 Å². The third-order valence-electron chi connectivity index (χ3n) is 0.180. The van der Waals surface area contributed by atoms with E-state index in [1.807, 2.05) is 13.8 Å². The van der Waals surface area contributed by atoms with Crippen LogP contribution in [0.1, 0.15) is 13.8 Å². The van der Waals surface area contributed by atoms with Gasteiger partial charge in [0.05, 0.1) is 0 Å². The van der Waals surface area contributed by atoms with Gasteiger partial charge in [0, 0.05) is 0 Å². The molecule has 0 heterocycles. The highest BCUT2D eigenvalue weighted by Gasteiger charge is 1.73. The summed E-state index contributed by atoms with van der Waals surface area (Å²) in [7, 11) is 0. The first kappa shape index (κ1) is 17.4. The van der Waals surface area contributed by atoms with Crippen LogP contribution in [-0.2, 0) is 9.78 Å². The molecule has 0 amide bonds. The van der Waals surface area contributed by atoms with Crippen molar-refractivity contribution in [2.75, 3.05) is 0 Å². The van der Waals surface area contributed by atoms with Crippen molar-refractivity contribution in [3.8, 4) is 0 Å². The number of rotatable bonds is 0. The predicted octanol–water partition coefficient (Wildman–Crippen LogP) is 0.465. The second-order valence-electron chi connectivity index (χ2n) is 0.821. The lowest BCUT2D eigenvalue weighted by Gasteiger charge is -1.81. The van der Waals surface area contributed by atoms with Crippen molar-refractivity contribution in [2.24, 2.45) is 11.5 Å². The van der Waals surface area contributed by atoms with Gasteiger partial charge in [-0.1, -0.05) is 13.8 Å². The Bertz CT molecular complexity index is 108. The van der Waals surface area contributed by atoms with Crippen LogP contribution in [0.25, 0.3) is 0 Å². The molecule has 0 aliphatic carbocycles. The Balaban J connectivity index is -0.000000112. The number of thiocarbonyl (C=S) groups is 2. The molecule has 6 nitrogen and oxygen atoms in total. The van der Waals surface area contributed by atoms with Crippen LogP contribution in [0.15, 0.2) is 0 Å². The summed E-state index contributed by atoms with van der Waals surface area (Å²) in [6.45, 7) is 4.00. The van der Waals surface area contributed by atoms with Gasteiger partial charge in [-0.3, -0.25) is 0 Å². The molecular weight excluding hydrogens is 204 g/mol. The van der Waals surface area contributed by atoms with Crippen molar-refractivity contribution < 1.29 is 20.3 Å². The average molecular weight is 216 g/mol. The molecule has 74 valence electrons. The quantitative estimate of drug-likeness (QED) is 0.262. The molecule has 0 bridgehead atoms. The predicted molar refractivity (Wildman–Crippen MR) is 52.3 cm³/mol. The smallest absolute Gasteiger partial charge is 0.293 e. The van der Waals surface area contributed by atoms with E-state index < -0.39 is 0 Å². The molecule has 0 rings (SSSR count). The fourth-order valence-electron chi connectivity index (χ4n) is 0. The Morgan fingerprint density at radius 3 is 1.08 bits per heavy atom. The van der Waals surface area contributed by atoms with Crippen LogP contribution in [-0.4, -0.2) is 20.9 Å². The maximum Gasteiger partial charge on any atom is 0.293 e. The zero-order valence-electron chi connectivity index (χ0n) is 6.68. The van der Waals surface area contributed by atoms with Crippen molar-refractivity contribution in [1.82, 2.24) is 0 Å². The topological polar surface area (TPSA) is 111 Å². The molecule has 12 heavy (non-hydrogen) atoms. The standard InChI is InChI=1S/C2H6.2CH3NO2S/c1-2;2*2-1(5)4-3/h1-2H3;2*3H,(H2,2,5). The Hall–Kier alpha value is -0.700. The molecular formula is C4H12N2O4S2. The second-order valence-corrected chi connectivity index (χ2v) is 1.63. The molecule has 0 atom stereocenters. The summed E-state index contributed by atoms with van der Waals surface area (Å²) in [5, 5.41) is 14.0.